The van der Waals surface area contributed by atoms with Crippen molar-refractivity contribution in [2.75, 3.05) is 20.8 Å². The molecular formula is C17H16Cl2N2O4S2. The summed E-state index contributed by atoms with van der Waals surface area (Å²) in [6.07, 6.45) is 0. The molecule has 0 aliphatic rings. The molecule has 0 aliphatic carbocycles. The summed E-state index contributed by atoms with van der Waals surface area (Å²) in [5.41, 5.74) is 0.634. The third-order valence-electron chi connectivity index (χ3n) is 3.80. The van der Waals surface area contributed by atoms with E-state index in [1.165, 1.54) is 19.2 Å². The van der Waals surface area contributed by atoms with Crippen molar-refractivity contribution in [1.82, 2.24) is 4.57 Å². The fourth-order valence-electron chi connectivity index (χ4n) is 2.47. The highest BCUT2D eigenvalue weighted by Crippen LogP contribution is 2.32. The monoisotopic (exact) mass is 446 g/mol. The topological polar surface area (TPSA) is 69.9 Å². The molecule has 1 heterocycles. The van der Waals surface area contributed by atoms with Crippen molar-refractivity contribution in [3.8, 4) is 5.75 Å². The number of methoxy groups -OCH3 is 2. The van der Waals surface area contributed by atoms with E-state index >= 15 is 0 Å². The van der Waals surface area contributed by atoms with Crippen molar-refractivity contribution in [3.05, 3.63) is 51.2 Å². The standard InChI is InChI=1S/C17H16Cl2N2O4S2/c1-24-10-9-21-15-13(18)7-8-14(19)16(15)26-17(21)20-27(22,23)12-5-3-11(25-2)4-6-12/h3-8H,9-10H2,1-2H3/b20-17-. The lowest BCUT2D eigenvalue weighted by Crippen LogP contribution is -2.19. The van der Waals surface area contributed by atoms with Gasteiger partial charge in [-0.3, -0.25) is 0 Å². The van der Waals surface area contributed by atoms with Gasteiger partial charge in [-0.25, -0.2) is 0 Å². The molecule has 3 aromatic rings. The summed E-state index contributed by atoms with van der Waals surface area (Å²) in [6.45, 7) is 0.748. The maximum atomic E-state index is 12.8. The molecule has 6 nitrogen and oxygen atoms in total. The lowest BCUT2D eigenvalue weighted by molar-refractivity contribution is 0.187. The van der Waals surface area contributed by atoms with Crippen LogP contribution in [-0.2, 0) is 21.3 Å². The molecule has 27 heavy (non-hydrogen) atoms. The van der Waals surface area contributed by atoms with Crippen LogP contribution in [0.5, 0.6) is 5.75 Å². The summed E-state index contributed by atoms with van der Waals surface area (Å²) in [5.74, 6) is 0.560. The number of rotatable bonds is 6. The Morgan fingerprint density at radius 1 is 1.07 bits per heavy atom. The normalized spacial score (nSPS) is 12.7. The van der Waals surface area contributed by atoms with Crippen LogP contribution < -0.4 is 9.54 Å². The van der Waals surface area contributed by atoms with Crippen molar-refractivity contribution >= 4 is 54.8 Å². The van der Waals surface area contributed by atoms with E-state index < -0.39 is 10.0 Å². The van der Waals surface area contributed by atoms with E-state index in [9.17, 15) is 8.42 Å². The van der Waals surface area contributed by atoms with Gasteiger partial charge in [-0.15, -0.1) is 4.40 Å². The number of thiazole rings is 1. The maximum Gasteiger partial charge on any atom is 0.285 e. The van der Waals surface area contributed by atoms with Crippen LogP contribution in [0, 0.1) is 0 Å². The minimum absolute atomic E-state index is 0.0660. The van der Waals surface area contributed by atoms with Crippen molar-refractivity contribution in [3.63, 3.8) is 0 Å². The van der Waals surface area contributed by atoms with E-state index in [0.29, 0.717) is 39.2 Å². The van der Waals surface area contributed by atoms with Gasteiger partial charge in [0.05, 0.1) is 38.9 Å². The third-order valence-corrected chi connectivity index (χ3v) is 7.04. The molecule has 0 radical (unpaired) electrons. The Labute approximate surface area is 170 Å². The fourth-order valence-corrected chi connectivity index (χ4v) is 5.35. The highest BCUT2D eigenvalue weighted by atomic mass is 35.5. The number of benzene rings is 2. The average molecular weight is 447 g/mol. The average Bonchev–Trinajstić information content (AvgIpc) is 3.01. The Kier molecular flexibility index (Phi) is 6.12. The lowest BCUT2D eigenvalue weighted by atomic mass is 10.3. The van der Waals surface area contributed by atoms with Crippen molar-refractivity contribution in [2.24, 2.45) is 4.40 Å². The predicted molar refractivity (Wildman–Crippen MR) is 107 cm³/mol. The molecule has 0 saturated carbocycles. The van der Waals surface area contributed by atoms with E-state index in [-0.39, 0.29) is 9.70 Å². The molecule has 0 N–H and O–H groups in total. The fraction of sp³-hybridized carbons (Fsp3) is 0.235. The van der Waals surface area contributed by atoms with E-state index in [1.54, 1.807) is 35.9 Å². The van der Waals surface area contributed by atoms with E-state index in [0.717, 1.165) is 11.3 Å². The molecule has 3 rings (SSSR count). The van der Waals surface area contributed by atoms with E-state index in [1.807, 2.05) is 0 Å². The zero-order valence-corrected chi connectivity index (χ0v) is 17.6. The van der Waals surface area contributed by atoms with Crippen LogP contribution in [0.15, 0.2) is 45.7 Å². The summed E-state index contributed by atoms with van der Waals surface area (Å²) >= 11 is 13.8. The predicted octanol–water partition coefficient (Wildman–Crippen LogP) is 3.95. The molecule has 0 unspecified atom stereocenters. The van der Waals surface area contributed by atoms with Crippen LogP contribution in [0.4, 0.5) is 0 Å². The molecule has 1 aromatic heterocycles. The first-order chi connectivity index (χ1) is 12.9. The van der Waals surface area contributed by atoms with E-state index in [2.05, 4.69) is 4.40 Å². The Morgan fingerprint density at radius 3 is 2.37 bits per heavy atom. The summed E-state index contributed by atoms with van der Waals surface area (Å²) in [6, 6.07) is 9.38. The molecule has 0 atom stereocenters. The van der Waals surface area contributed by atoms with Gasteiger partial charge in [0.25, 0.3) is 10.0 Å². The molecule has 144 valence electrons. The number of halogens is 2. The van der Waals surface area contributed by atoms with E-state index in [4.69, 9.17) is 32.7 Å². The summed E-state index contributed by atoms with van der Waals surface area (Å²) < 4.78 is 42.1. The van der Waals surface area contributed by atoms with Crippen molar-refractivity contribution < 1.29 is 17.9 Å². The second kappa shape index (κ2) is 8.20. The van der Waals surface area contributed by atoms with Gasteiger partial charge in [0.2, 0.25) is 4.80 Å². The second-order valence-corrected chi connectivity index (χ2v) is 8.87. The zero-order chi connectivity index (χ0) is 19.6. The second-order valence-electron chi connectivity index (χ2n) is 5.48. The van der Waals surface area contributed by atoms with Crippen LogP contribution in [0.2, 0.25) is 10.0 Å². The number of aromatic nitrogens is 1. The number of hydrogen-bond donors (Lipinski definition) is 0. The first-order valence-electron chi connectivity index (χ1n) is 7.78. The number of fused-ring (bicyclic) bond motifs is 1. The van der Waals surface area contributed by atoms with Gasteiger partial charge in [-0.2, -0.15) is 8.42 Å². The molecule has 0 amide bonds. The highest BCUT2D eigenvalue weighted by molar-refractivity contribution is 7.90. The first-order valence-corrected chi connectivity index (χ1v) is 10.8. The third kappa shape index (κ3) is 4.14. The van der Waals surface area contributed by atoms with Gasteiger partial charge in [0.15, 0.2) is 0 Å². The van der Waals surface area contributed by atoms with Crippen molar-refractivity contribution in [1.29, 1.82) is 0 Å². The SMILES string of the molecule is COCCn1/c(=N/S(=O)(=O)c2ccc(OC)cc2)sc2c(Cl)ccc(Cl)c21. The molecule has 0 aliphatic heterocycles. The van der Waals surface area contributed by atoms with Gasteiger partial charge in [-0.05, 0) is 36.4 Å². The Morgan fingerprint density at radius 2 is 1.74 bits per heavy atom. The van der Waals surface area contributed by atoms with Gasteiger partial charge in [-0.1, -0.05) is 34.5 Å². The zero-order valence-electron chi connectivity index (χ0n) is 14.5. The quantitative estimate of drug-likeness (QED) is 0.574. The van der Waals surface area contributed by atoms with Crippen LogP contribution in [0.25, 0.3) is 10.2 Å². The minimum atomic E-state index is -3.93. The van der Waals surface area contributed by atoms with Gasteiger partial charge < -0.3 is 14.0 Å². The first kappa shape index (κ1) is 20.2. The minimum Gasteiger partial charge on any atom is -0.497 e. The number of ether oxygens (including phenoxy) is 2. The molecule has 0 bridgehead atoms. The molecule has 0 spiro atoms. The van der Waals surface area contributed by atoms with Crippen LogP contribution in [0.3, 0.4) is 0 Å². The Balaban J connectivity index is 2.22. The summed E-state index contributed by atoms with van der Waals surface area (Å²) in [7, 11) is -0.852. The molecule has 0 fully saturated rings. The Bertz CT molecular complexity index is 1140. The largest absolute Gasteiger partial charge is 0.497 e. The van der Waals surface area contributed by atoms with Gasteiger partial charge >= 0.3 is 0 Å². The molecular weight excluding hydrogens is 431 g/mol. The maximum absolute atomic E-state index is 12.8. The van der Waals surface area contributed by atoms with Crippen molar-refractivity contribution in [2.45, 2.75) is 11.4 Å². The van der Waals surface area contributed by atoms with Gasteiger partial charge in [0, 0.05) is 13.7 Å². The number of nitrogens with zero attached hydrogens (tertiary/aromatic N) is 2. The highest BCUT2D eigenvalue weighted by Gasteiger charge is 2.17. The van der Waals surface area contributed by atoms with Crippen LogP contribution in [-0.4, -0.2) is 33.8 Å². The Hall–Kier alpha value is -1.58. The number of sulfonamides is 1. The molecule has 2 aromatic carbocycles. The smallest absolute Gasteiger partial charge is 0.285 e. The number of hydrogen-bond acceptors (Lipinski definition) is 5. The molecule has 10 heteroatoms. The summed E-state index contributed by atoms with van der Waals surface area (Å²) in [5, 5.41) is 0.943. The summed E-state index contributed by atoms with van der Waals surface area (Å²) in [4.78, 5) is 0.337. The lowest BCUT2D eigenvalue weighted by Gasteiger charge is -2.06. The molecule has 0 saturated heterocycles. The van der Waals surface area contributed by atoms with Gasteiger partial charge in [0.1, 0.15) is 5.75 Å². The van der Waals surface area contributed by atoms with Crippen LogP contribution in [0.1, 0.15) is 0 Å². The van der Waals surface area contributed by atoms with Crippen LogP contribution >= 0.6 is 34.5 Å².